The van der Waals surface area contributed by atoms with Crippen molar-refractivity contribution in [3.05, 3.63) is 30.3 Å². The molecule has 2 rings (SSSR count). The quantitative estimate of drug-likeness (QED) is 0.841. The van der Waals surface area contributed by atoms with Gasteiger partial charge >= 0.3 is 0 Å². The number of hydrogen-bond donors (Lipinski definition) is 1. The van der Waals surface area contributed by atoms with Gasteiger partial charge < -0.3 is 10.6 Å². The van der Waals surface area contributed by atoms with E-state index in [2.05, 4.69) is 0 Å². The monoisotopic (exact) mass is 276 g/mol. The molecule has 0 saturated heterocycles. The van der Waals surface area contributed by atoms with Crippen LogP contribution in [-0.2, 0) is 4.79 Å². The molecule has 1 aromatic rings. The van der Waals surface area contributed by atoms with Crippen LogP contribution in [0.2, 0.25) is 0 Å². The fourth-order valence-corrected chi connectivity index (χ4v) is 2.68. The van der Waals surface area contributed by atoms with Crippen LogP contribution in [0.25, 0.3) is 0 Å². The Hall–Kier alpha value is -1.42. The van der Waals surface area contributed by atoms with Gasteiger partial charge in [0.15, 0.2) is 0 Å². The molecule has 0 aromatic heterocycles. The summed E-state index contributed by atoms with van der Waals surface area (Å²) in [5.41, 5.74) is 6.51. The van der Waals surface area contributed by atoms with Gasteiger partial charge in [-0.1, -0.05) is 43.3 Å². The average Bonchev–Trinajstić information content (AvgIpc) is 2.93. The zero-order valence-electron chi connectivity index (χ0n) is 11.0. The van der Waals surface area contributed by atoms with Crippen molar-refractivity contribution in [2.45, 2.75) is 32.1 Å². The van der Waals surface area contributed by atoms with Crippen LogP contribution in [0, 0.1) is 5.92 Å². The zero-order chi connectivity index (χ0) is 13.7. The molecule has 0 atom stereocenters. The molecule has 0 unspecified atom stereocenters. The van der Waals surface area contributed by atoms with E-state index in [1.54, 1.807) is 0 Å². The van der Waals surface area contributed by atoms with E-state index in [1.165, 1.54) is 0 Å². The third-order valence-electron chi connectivity index (χ3n) is 3.62. The van der Waals surface area contributed by atoms with Crippen LogP contribution in [0.1, 0.15) is 32.1 Å². The number of rotatable bonds is 5. The summed E-state index contributed by atoms with van der Waals surface area (Å²) in [5.74, 6) is 0.395. The molecule has 102 valence electrons. The summed E-state index contributed by atoms with van der Waals surface area (Å²) in [6.45, 7) is 0.578. The predicted molar refractivity (Wildman–Crippen MR) is 82.2 cm³/mol. The summed E-state index contributed by atoms with van der Waals surface area (Å²) in [7, 11) is 0. The number of nitrogens with zero attached hydrogens (tertiary/aromatic N) is 1. The number of anilines is 1. The Morgan fingerprint density at radius 3 is 2.47 bits per heavy atom. The lowest BCUT2D eigenvalue weighted by Gasteiger charge is -2.25. The van der Waals surface area contributed by atoms with Gasteiger partial charge in [-0.05, 0) is 25.0 Å². The Morgan fingerprint density at radius 2 is 1.89 bits per heavy atom. The second-order valence-corrected chi connectivity index (χ2v) is 5.55. The van der Waals surface area contributed by atoms with Crippen LogP contribution in [-0.4, -0.2) is 17.4 Å². The highest BCUT2D eigenvalue weighted by Gasteiger charge is 2.27. The van der Waals surface area contributed by atoms with Crippen molar-refractivity contribution in [3.63, 3.8) is 0 Å². The maximum Gasteiger partial charge on any atom is 0.230 e. The molecule has 1 fully saturated rings. The van der Waals surface area contributed by atoms with Crippen molar-refractivity contribution in [3.8, 4) is 0 Å². The highest BCUT2D eigenvalue weighted by molar-refractivity contribution is 7.80. The van der Waals surface area contributed by atoms with Crippen LogP contribution in [0.3, 0.4) is 0 Å². The summed E-state index contributed by atoms with van der Waals surface area (Å²) in [4.78, 5) is 14.9. The van der Waals surface area contributed by atoms with E-state index in [9.17, 15) is 4.79 Å². The van der Waals surface area contributed by atoms with E-state index in [1.807, 2.05) is 35.2 Å². The molecule has 1 amide bonds. The normalized spacial score (nSPS) is 15.4. The zero-order valence-corrected chi connectivity index (χ0v) is 11.9. The van der Waals surface area contributed by atoms with Crippen LogP contribution in [0.4, 0.5) is 5.69 Å². The first kappa shape index (κ1) is 14.0. The van der Waals surface area contributed by atoms with E-state index in [-0.39, 0.29) is 11.8 Å². The number of para-hydroxylation sites is 1. The predicted octanol–water partition coefficient (Wildman–Crippen LogP) is 2.89. The molecule has 4 heteroatoms. The molecule has 0 spiro atoms. The van der Waals surface area contributed by atoms with Crippen molar-refractivity contribution in [1.82, 2.24) is 0 Å². The highest BCUT2D eigenvalue weighted by atomic mass is 32.1. The highest BCUT2D eigenvalue weighted by Crippen LogP contribution is 2.28. The minimum atomic E-state index is 0.173. The number of carbonyl (C=O) groups excluding carboxylic acids is 1. The minimum Gasteiger partial charge on any atom is -0.393 e. The van der Waals surface area contributed by atoms with Crippen molar-refractivity contribution in [1.29, 1.82) is 0 Å². The topological polar surface area (TPSA) is 46.3 Å². The molecule has 3 nitrogen and oxygen atoms in total. The van der Waals surface area contributed by atoms with Gasteiger partial charge in [-0.3, -0.25) is 4.79 Å². The third-order valence-corrected chi connectivity index (χ3v) is 3.82. The summed E-state index contributed by atoms with van der Waals surface area (Å²) in [6.07, 6.45) is 4.91. The smallest absolute Gasteiger partial charge is 0.230 e. The lowest BCUT2D eigenvalue weighted by atomic mass is 10.1. The molecule has 0 radical (unpaired) electrons. The van der Waals surface area contributed by atoms with Gasteiger partial charge in [0.1, 0.15) is 0 Å². The fourth-order valence-electron chi connectivity index (χ4n) is 2.59. The maximum absolute atomic E-state index is 12.6. The van der Waals surface area contributed by atoms with Crippen LogP contribution >= 0.6 is 12.2 Å². The van der Waals surface area contributed by atoms with Gasteiger partial charge in [-0.15, -0.1) is 0 Å². The largest absolute Gasteiger partial charge is 0.393 e. The van der Waals surface area contributed by atoms with Crippen LogP contribution < -0.4 is 10.6 Å². The minimum absolute atomic E-state index is 0.173. The maximum atomic E-state index is 12.6. The number of carbonyl (C=O) groups is 1. The SMILES string of the molecule is NC(=S)CCN(C(=O)C1CCCC1)c1ccccc1. The van der Waals surface area contributed by atoms with Crippen LogP contribution in [0.15, 0.2) is 30.3 Å². The molecule has 0 bridgehead atoms. The molecule has 0 heterocycles. The Morgan fingerprint density at radius 1 is 1.26 bits per heavy atom. The Balaban J connectivity index is 2.13. The Kier molecular flexibility index (Phi) is 4.91. The number of thiocarbonyl (C=S) groups is 1. The molecular formula is C15H20N2OS. The Labute approximate surface area is 119 Å². The van der Waals surface area contributed by atoms with Crippen molar-refractivity contribution >= 4 is 28.8 Å². The van der Waals surface area contributed by atoms with Crippen molar-refractivity contribution in [2.24, 2.45) is 11.7 Å². The second-order valence-electron chi connectivity index (χ2n) is 5.02. The van der Waals surface area contributed by atoms with E-state index in [0.717, 1.165) is 31.4 Å². The molecule has 1 aromatic carbocycles. The first-order chi connectivity index (χ1) is 9.18. The van der Waals surface area contributed by atoms with Gasteiger partial charge in [0.25, 0.3) is 0 Å². The van der Waals surface area contributed by atoms with Crippen molar-refractivity contribution < 1.29 is 4.79 Å². The first-order valence-electron chi connectivity index (χ1n) is 6.83. The summed E-state index contributed by atoms with van der Waals surface area (Å²) in [5, 5.41) is 0. The van der Waals surface area contributed by atoms with Gasteiger partial charge in [0, 0.05) is 24.6 Å². The number of nitrogens with two attached hydrogens (primary N) is 1. The van der Waals surface area contributed by atoms with Gasteiger partial charge in [-0.2, -0.15) is 0 Å². The number of amides is 1. The summed E-state index contributed by atoms with van der Waals surface area (Å²) >= 11 is 4.93. The summed E-state index contributed by atoms with van der Waals surface area (Å²) < 4.78 is 0. The molecule has 2 N–H and O–H groups in total. The first-order valence-corrected chi connectivity index (χ1v) is 7.24. The number of benzene rings is 1. The lowest BCUT2D eigenvalue weighted by molar-refractivity contribution is -0.122. The van der Waals surface area contributed by atoms with E-state index in [0.29, 0.717) is 18.0 Å². The lowest BCUT2D eigenvalue weighted by Crippen LogP contribution is -2.37. The molecule has 1 saturated carbocycles. The fraction of sp³-hybridized carbons (Fsp3) is 0.467. The standard InChI is InChI=1S/C15H20N2OS/c16-14(19)10-11-17(13-8-2-1-3-9-13)15(18)12-6-4-5-7-12/h1-3,8-9,12H,4-7,10-11H2,(H2,16,19). The second kappa shape index (κ2) is 6.66. The van der Waals surface area contributed by atoms with Gasteiger partial charge in [0.2, 0.25) is 5.91 Å². The third kappa shape index (κ3) is 3.77. The van der Waals surface area contributed by atoms with Gasteiger partial charge in [0.05, 0.1) is 4.99 Å². The van der Waals surface area contributed by atoms with E-state index >= 15 is 0 Å². The Bertz CT molecular complexity index is 441. The van der Waals surface area contributed by atoms with Crippen molar-refractivity contribution in [2.75, 3.05) is 11.4 Å². The van der Waals surface area contributed by atoms with Gasteiger partial charge in [-0.25, -0.2) is 0 Å². The molecule has 0 aliphatic heterocycles. The van der Waals surface area contributed by atoms with E-state index in [4.69, 9.17) is 18.0 Å². The molecule has 1 aliphatic carbocycles. The van der Waals surface area contributed by atoms with E-state index < -0.39 is 0 Å². The average molecular weight is 276 g/mol. The molecule has 1 aliphatic rings. The molecule has 19 heavy (non-hydrogen) atoms. The molecular weight excluding hydrogens is 256 g/mol. The van der Waals surface area contributed by atoms with Crippen LogP contribution in [0.5, 0.6) is 0 Å². The number of hydrogen-bond acceptors (Lipinski definition) is 2. The summed E-state index contributed by atoms with van der Waals surface area (Å²) in [6, 6.07) is 9.78.